The van der Waals surface area contributed by atoms with Crippen LogP contribution in [0.4, 0.5) is 5.69 Å². The van der Waals surface area contributed by atoms with Crippen LogP contribution >= 0.6 is 34.8 Å². The first-order valence-electron chi connectivity index (χ1n) is 9.33. The number of anilines is 1. The second-order valence-electron chi connectivity index (χ2n) is 6.55. The van der Waals surface area contributed by atoms with Gasteiger partial charge in [0.05, 0.1) is 22.8 Å². The Balaban J connectivity index is 1.77. The number of carbonyl (C=O) groups excluding carboxylic acids is 1. The third-order valence-corrected chi connectivity index (χ3v) is 5.25. The van der Waals surface area contributed by atoms with Crippen LogP contribution in [0.3, 0.4) is 0 Å². The maximum absolute atomic E-state index is 12.6. The highest BCUT2D eigenvalue weighted by Crippen LogP contribution is 2.31. The standard InChI is InChI=1S/C24H17Cl3N2O3/c1-31-22-12-16(7-10-21(22)32-14-15-5-8-18(25)9-6-15)11-17(13-28)24(30)29-23-19(26)3-2-4-20(23)27/h2-12H,14H2,1H3,(H,29,30)/b17-11+. The Morgan fingerprint density at radius 2 is 1.72 bits per heavy atom. The van der Waals surface area contributed by atoms with Gasteiger partial charge < -0.3 is 14.8 Å². The smallest absolute Gasteiger partial charge is 0.266 e. The lowest BCUT2D eigenvalue weighted by Gasteiger charge is -2.12. The number of carbonyl (C=O) groups is 1. The predicted octanol–water partition coefficient (Wildman–Crippen LogP) is 6.78. The fourth-order valence-electron chi connectivity index (χ4n) is 2.75. The van der Waals surface area contributed by atoms with Crippen LogP contribution < -0.4 is 14.8 Å². The van der Waals surface area contributed by atoms with E-state index in [0.29, 0.717) is 28.7 Å². The Bertz CT molecular complexity index is 1180. The molecule has 0 atom stereocenters. The Hall–Kier alpha value is -3.17. The Morgan fingerprint density at radius 1 is 1.03 bits per heavy atom. The number of hydrogen-bond acceptors (Lipinski definition) is 4. The second kappa shape index (κ2) is 10.9. The quantitative estimate of drug-likeness (QED) is 0.294. The van der Waals surface area contributed by atoms with Crippen LogP contribution in [-0.4, -0.2) is 13.0 Å². The summed E-state index contributed by atoms with van der Waals surface area (Å²) in [5.74, 6) is 0.342. The molecule has 5 nitrogen and oxygen atoms in total. The van der Waals surface area contributed by atoms with Crippen molar-refractivity contribution in [1.82, 2.24) is 0 Å². The van der Waals surface area contributed by atoms with Crippen molar-refractivity contribution in [2.45, 2.75) is 6.61 Å². The average Bonchev–Trinajstić information content (AvgIpc) is 2.79. The summed E-state index contributed by atoms with van der Waals surface area (Å²) in [5, 5.41) is 13.2. The number of methoxy groups -OCH3 is 1. The molecule has 0 bridgehead atoms. The normalized spacial score (nSPS) is 10.9. The van der Waals surface area contributed by atoms with Crippen molar-refractivity contribution in [2.75, 3.05) is 12.4 Å². The molecule has 0 heterocycles. The Kier molecular flexibility index (Phi) is 8.02. The van der Waals surface area contributed by atoms with E-state index in [0.717, 1.165) is 5.56 Å². The first-order chi connectivity index (χ1) is 15.4. The first kappa shape index (κ1) is 23.5. The van der Waals surface area contributed by atoms with Gasteiger partial charge in [-0.1, -0.05) is 59.1 Å². The topological polar surface area (TPSA) is 71.3 Å². The zero-order valence-corrected chi connectivity index (χ0v) is 19.1. The van der Waals surface area contributed by atoms with E-state index >= 15 is 0 Å². The number of halogens is 3. The molecule has 8 heteroatoms. The van der Waals surface area contributed by atoms with Gasteiger partial charge in [-0.3, -0.25) is 4.79 Å². The predicted molar refractivity (Wildman–Crippen MR) is 127 cm³/mol. The second-order valence-corrected chi connectivity index (χ2v) is 7.80. The van der Waals surface area contributed by atoms with Crippen molar-refractivity contribution in [3.63, 3.8) is 0 Å². The fourth-order valence-corrected chi connectivity index (χ4v) is 3.37. The Morgan fingerprint density at radius 3 is 2.34 bits per heavy atom. The van der Waals surface area contributed by atoms with Crippen LogP contribution in [0.15, 0.2) is 66.2 Å². The van der Waals surface area contributed by atoms with Crippen LogP contribution in [0, 0.1) is 11.3 Å². The largest absolute Gasteiger partial charge is 0.493 e. The molecule has 3 aromatic carbocycles. The highest BCUT2D eigenvalue weighted by atomic mass is 35.5. The van der Waals surface area contributed by atoms with Gasteiger partial charge >= 0.3 is 0 Å². The number of benzene rings is 3. The monoisotopic (exact) mass is 486 g/mol. The van der Waals surface area contributed by atoms with Crippen LogP contribution in [0.2, 0.25) is 15.1 Å². The Labute approximate surface area is 200 Å². The van der Waals surface area contributed by atoms with Gasteiger partial charge in [-0.05, 0) is 53.6 Å². The van der Waals surface area contributed by atoms with E-state index in [1.165, 1.54) is 13.2 Å². The number of nitriles is 1. The number of rotatable bonds is 7. The molecule has 162 valence electrons. The molecule has 32 heavy (non-hydrogen) atoms. The molecule has 3 aromatic rings. The maximum Gasteiger partial charge on any atom is 0.266 e. The molecule has 0 aliphatic carbocycles. The molecule has 0 aliphatic rings. The molecule has 0 fully saturated rings. The first-order valence-corrected chi connectivity index (χ1v) is 10.5. The van der Waals surface area contributed by atoms with Crippen molar-refractivity contribution >= 4 is 52.5 Å². The van der Waals surface area contributed by atoms with Gasteiger partial charge in [-0.15, -0.1) is 0 Å². The molecule has 0 aliphatic heterocycles. The lowest BCUT2D eigenvalue weighted by molar-refractivity contribution is -0.112. The van der Waals surface area contributed by atoms with E-state index in [9.17, 15) is 10.1 Å². The minimum Gasteiger partial charge on any atom is -0.493 e. The molecule has 0 saturated carbocycles. The zero-order chi connectivity index (χ0) is 23.1. The number of nitrogens with zero attached hydrogens (tertiary/aromatic N) is 1. The average molecular weight is 488 g/mol. The number of hydrogen-bond donors (Lipinski definition) is 1. The van der Waals surface area contributed by atoms with Gasteiger partial charge in [0, 0.05) is 5.02 Å². The SMILES string of the molecule is COc1cc(/C=C(\C#N)C(=O)Nc2c(Cl)cccc2Cl)ccc1OCc1ccc(Cl)cc1. The van der Waals surface area contributed by atoms with Crippen LogP contribution in [0.5, 0.6) is 11.5 Å². The van der Waals surface area contributed by atoms with E-state index in [1.54, 1.807) is 48.5 Å². The molecule has 0 aromatic heterocycles. The molecular weight excluding hydrogens is 471 g/mol. The van der Waals surface area contributed by atoms with E-state index in [4.69, 9.17) is 44.3 Å². The summed E-state index contributed by atoms with van der Waals surface area (Å²) in [5.41, 5.74) is 1.64. The van der Waals surface area contributed by atoms with Gasteiger partial charge in [0.25, 0.3) is 5.91 Å². The number of ether oxygens (including phenoxy) is 2. The van der Waals surface area contributed by atoms with Gasteiger partial charge in [0.1, 0.15) is 18.2 Å². The molecule has 1 N–H and O–H groups in total. The molecule has 0 radical (unpaired) electrons. The van der Waals surface area contributed by atoms with Crippen LogP contribution in [-0.2, 0) is 11.4 Å². The van der Waals surface area contributed by atoms with E-state index < -0.39 is 5.91 Å². The zero-order valence-electron chi connectivity index (χ0n) is 16.9. The highest BCUT2D eigenvalue weighted by molar-refractivity contribution is 6.40. The summed E-state index contributed by atoms with van der Waals surface area (Å²) in [6.07, 6.45) is 1.44. The van der Waals surface area contributed by atoms with Gasteiger partial charge in [-0.2, -0.15) is 5.26 Å². The molecule has 1 amide bonds. The van der Waals surface area contributed by atoms with Gasteiger partial charge in [0.2, 0.25) is 0 Å². The van der Waals surface area contributed by atoms with Crippen molar-refractivity contribution in [3.05, 3.63) is 92.4 Å². The van der Waals surface area contributed by atoms with Crippen LogP contribution in [0.1, 0.15) is 11.1 Å². The molecular formula is C24H17Cl3N2O3. The number of amides is 1. The summed E-state index contributed by atoms with van der Waals surface area (Å²) < 4.78 is 11.2. The molecule has 0 spiro atoms. The lowest BCUT2D eigenvalue weighted by atomic mass is 10.1. The minimum absolute atomic E-state index is 0.127. The fraction of sp³-hybridized carbons (Fsp3) is 0.0833. The summed E-state index contributed by atoms with van der Waals surface area (Å²) >= 11 is 18.1. The van der Waals surface area contributed by atoms with Crippen LogP contribution in [0.25, 0.3) is 6.08 Å². The van der Waals surface area contributed by atoms with E-state index in [-0.39, 0.29) is 21.3 Å². The van der Waals surface area contributed by atoms with Crippen molar-refractivity contribution in [2.24, 2.45) is 0 Å². The van der Waals surface area contributed by atoms with Crippen molar-refractivity contribution in [1.29, 1.82) is 5.26 Å². The lowest BCUT2D eigenvalue weighted by Crippen LogP contribution is -2.14. The number of para-hydroxylation sites is 1. The highest BCUT2D eigenvalue weighted by Gasteiger charge is 2.14. The third-order valence-electron chi connectivity index (χ3n) is 4.37. The summed E-state index contributed by atoms with van der Waals surface area (Å²) in [7, 11) is 1.51. The van der Waals surface area contributed by atoms with E-state index in [2.05, 4.69) is 5.32 Å². The molecule has 0 saturated heterocycles. The third kappa shape index (κ3) is 5.95. The van der Waals surface area contributed by atoms with Gasteiger partial charge in [0.15, 0.2) is 11.5 Å². The summed E-state index contributed by atoms with van der Waals surface area (Å²) in [6.45, 7) is 0.327. The minimum atomic E-state index is -0.635. The summed E-state index contributed by atoms with van der Waals surface area (Å²) in [6, 6.07) is 19.1. The number of nitrogens with one attached hydrogen (secondary N) is 1. The molecule has 0 unspecified atom stereocenters. The summed E-state index contributed by atoms with van der Waals surface area (Å²) in [4.78, 5) is 12.6. The van der Waals surface area contributed by atoms with Crippen molar-refractivity contribution < 1.29 is 14.3 Å². The maximum atomic E-state index is 12.6. The van der Waals surface area contributed by atoms with Crippen molar-refractivity contribution in [3.8, 4) is 17.6 Å². The molecule has 3 rings (SSSR count). The van der Waals surface area contributed by atoms with E-state index in [1.807, 2.05) is 18.2 Å². The van der Waals surface area contributed by atoms with Gasteiger partial charge in [-0.25, -0.2) is 0 Å².